The zero-order chi connectivity index (χ0) is 13.9. The average molecular weight is 290 g/mol. The van der Waals surface area contributed by atoms with E-state index in [-0.39, 0.29) is 0 Å². The van der Waals surface area contributed by atoms with E-state index in [1.807, 2.05) is 0 Å². The fourth-order valence-electron chi connectivity index (χ4n) is 4.02. The largest absolute Gasteiger partial charge is 0.503 e. The minimum atomic E-state index is -2.47. The van der Waals surface area contributed by atoms with Crippen molar-refractivity contribution in [3.8, 4) is 0 Å². The van der Waals surface area contributed by atoms with Gasteiger partial charge < -0.3 is 22.8 Å². The Kier molecular flexibility index (Phi) is 5.39. The van der Waals surface area contributed by atoms with Gasteiger partial charge >= 0.3 is 8.80 Å². The Labute approximate surface area is 116 Å². The molecule has 19 heavy (non-hydrogen) atoms. The van der Waals surface area contributed by atoms with Gasteiger partial charge in [0.25, 0.3) is 0 Å². The van der Waals surface area contributed by atoms with Crippen molar-refractivity contribution >= 4 is 8.80 Å². The second-order valence-corrected chi connectivity index (χ2v) is 8.76. The van der Waals surface area contributed by atoms with E-state index >= 15 is 0 Å². The summed E-state index contributed by atoms with van der Waals surface area (Å²) in [7, 11) is 4.33. The van der Waals surface area contributed by atoms with E-state index in [0.717, 1.165) is 18.9 Å². The van der Waals surface area contributed by atoms with Crippen LogP contribution in [0.15, 0.2) is 0 Å². The van der Waals surface area contributed by atoms with Crippen molar-refractivity contribution in [2.24, 2.45) is 17.8 Å². The van der Waals surface area contributed by atoms with Gasteiger partial charge in [-0.3, -0.25) is 0 Å². The van der Waals surface area contributed by atoms with Crippen molar-refractivity contribution in [3.05, 3.63) is 0 Å². The lowest BCUT2D eigenvalue weighted by Gasteiger charge is -2.36. The molecule has 2 fully saturated rings. The van der Waals surface area contributed by atoms with Crippen molar-refractivity contribution in [2.75, 3.05) is 41.8 Å². The first kappa shape index (κ1) is 15.4. The number of hydrogen-bond donors (Lipinski definition) is 0. The lowest BCUT2D eigenvalue weighted by molar-refractivity contribution is -0.0500. The van der Waals surface area contributed by atoms with Crippen LogP contribution in [0.4, 0.5) is 0 Å². The normalized spacial score (nSPS) is 34.1. The Morgan fingerprint density at radius 3 is 2.05 bits per heavy atom. The zero-order valence-corrected chi connectivity index (χ0v) is 13.4. The number of fused-ring (bicyclic) bond motifs is 2. The van der Waals surface area contributed by atoms with Crippen LogP contribution in [0, 0.1) is 17.8 Å². The van der Waals surface area contributed by atoms with Crippen molar-refractivity contribution < 1.29 is 22.8 Å². The molecule has 0 aromatic rings. The van der Waals surface area contributed by atoms with Crippen LogP contribution in [0.5, 0.6) is 0 Å². The summed E-state index contributed by atoms with van der Waals surface area (Å²) in [6.45, 7) is 1.20. The molecule has 4 atom stereocenters. The van der Waals surface area contributed by atoms with E-state index in [1.54, 1.807) is 28.4 Å². The van der Waals surface area contributed by atoms with Crippen LogP contribution in [-0.4, -0.2) is 50.6 Å². The molecule has 0 amide bonds. The van der Waals surface area contributed by atoms with Crippen LogP contribution < -0.4 is 0 Å². The Bertz CT molecular complexity index is 276. The van der Waals surface area contributed by atoms with Crippen molar-refractivity contribution in [1.82, 2.24) is 0 Å². The van der Waals surface area contributed by atoms with Crippen molar-refractivity contribution in [1.29, 1.82) is 0 Å². The van der Waals surface area contributed by atoms with Gasteiger partial charge in [-0.05, 0) is 37.0 Å². The van der Waals surface area contributed by atoms with Crippen LogP contribution in [0.1, 0.15) is 19.3 Å². The predicted octanol–water partition coefficient (Wildman–Crippen LogP) is 1.90. The van der Waals surface area contributed by atoms with Gasteiger partial charge in [0, 0.05) is 34.0 Å². The molecule has 0 spiro atoms. The summed E-state index contributed by atoms with van der Waals surface area (Å²) in [6.07, 6.45) is 3.60. The van der Waals surface area contributed by atoms with Gasteiger partial charge in [-0.1, -0.05) is 0 Å². The first-order valence-corrected chi connectivity index (χ1v) is 8.73. The molecule has 2 bridgehead atoms. The molecule has 0 radical (unpaired) electrons. The summed E-state index contributed by atoms with van der Waals surface area (Å²) in [5, 5.41) is 0. The Morgan fingerprint density at radius 1 is 0.895 bits per heavy atom. The highest BCUT2D eigenvalue weighted by Crippen LogP contribution is 2.58. The summed E-state index contributed by atoms with van der Waals surface area (Å²) in [5.74, 6) is 2.04. The molecule has 0 saturated heterocycles. The highest BCUT2D eigenvalue weighted by Gasteiger charge is 2.59. The molecule has 6 heteroatoms. The second kappa shape index (κ2) is 6.65. The predicted molar refractivity (Wildman–Crippen MR) is 72.7 cm³/mol. The average Bonchev–Trinajstić information content (AvgIpc) is 3.02. The second-order valence-electron chi connectivity index (χ2n) is 5.59. The zero-order valence-electron chi connectivity index (χ0n) is 12.4. The van der Waals surface area contributed by atoms with E-state index in [1.165, 1.54) is 12.8 Å². The molecule has 0 aliphatic heterocycles. The lowest BCUT2D eigenvalue weighted by atomic mass is 9.89. The number of ether oxygens (including phenoxy) is 2. The Morgan fingerprint density at radius 2 is 1.58 bits per heavy atom. The van der Waals surface area contributed by atoms with E-state index in [4.69, 9.17) is 22.8 Å². The monoisotopic (exact) mass is 290 g/mol. The van der Waals surface area contributed by atoms with Crippen LogP contribution in [-0.2, 0) is 22.8 Å². The van der Waals surface area contributed by atoms with E-state index < -0.39 is 8.80 Å². The minimum absolute atomic E-state index is 0.393. The van der Waals surface area contributed by atoms with Crippen LogP contribution >= 0.6 is 0 Å². The third-order valence-corrected chi connectivity index (χ3v) is 8.17. The van der Waals surface area contributed by atoms with Crippen LogP contribution in [0.3, 0.4) is 0 Å². The molecule has 2 aliphatic rings. The van der Waals surface area contributed by atoms with Gasteiger partial charge in [-0.25, -0.2) is 0 Å². The molecular formula is C13H26O5Si. The number of hydrogen-bond acceptors (Lipinski definition) is 5. The quantitative estimate of drug-likeness (QED) is 0.388. The molecule has 4 unspecified atom stereocenters. The third kappa shape index (κ3) is 2.89. The van der Waals surface area contributed by atoms with Gasteiger partial charge in [-0.15, -0.1) is 0 Å². The first-order chi connectivity index (χ1) is 9.20. The third-order valence-electron chi connectivity index (χ3n) is 4.84. The van der Waals surface area contributed by atoms with Gasteiger partial charge in [-0.2, -0.15) is 0 Å². The first-order valence-electron chi connectivity index (χ1n) is 6.92. The van der Waals surface area contributed by atoms with E-state index in [0.29, 0.717) is 24.2 Å². The summed E-state index contributed by atoms with van der Waals surface area (Å²) in [4.78, 5) is 0. The summed E-state index contributed by atoms with van der Waals surface area (Å²) < 4.78 is 27.4. The fraction of sp³-hybridized carbons (Fsp3) is 1.00. The van der Waals surface area contributed by atoms with Gasteiger partial charge in [0.05, 0.1) is 6.61 Å². The summed E-state index contributed by atoms with van der Waals surface area (Å²) in [6, 6.07) is 0. The molecule has 112 valence electrons. The molecule has 2 rings (SSSR count). The summed E-state index contributed by atoms with van der Waals surface area (Å²) >= 11 is 0. The van der Waals surface area contributed by atoms with Crippen molar-refractivity contribution in [3.63, 3.8) is 0 Å². The smallest absolute Gasteiger partial charge is 0.377 e. The van der Waals surface area contributed by atoms with Crippen LogP contribution in [0.25, 0.3) is 0 Å². The molecule has 0 aromatic carbocycles. The lowest BCUT2D eigenvalue weighted by Crippen LogP contribution is -2.49. The SMILES string of the molecule is COCOCC1CC2CC1CC2[Si](OC)(OC)OC. The molecule has 0 heterocycles. The Hall–Kier alpha value is 0.0169. The standard InChI is InChI=1S/C13H26O5Si/c1-14-9-18-8-12-6-11-5-10(12)7-13(11)19(15-2,16-3)17-4/h10-13H,5-9H2,1-4H3. The molecule has 2 saturated carbocycles. The molecule has 2 aliphatic carbocycles. The number of rotatable bonds is 8. The summed E-state index contributed by atoms with van der Waals surface area (Å²) in [5.41, 5.74) is 0.455. The Balaban J connectivity index is 1.91. The van der Waals surface area contributed by atoms with E-state index in [9.17, 15) is 0 Å². The van der Waals surface area contributed by atoms with Gasteiger partial charge in [0.2, 0.25) is 0 Å². The molecule has 0 N–H and O–H groups in total. The highest BCUT2D eigenvalue weighted by atomic mass is 28.4. The van der Waals surface area contributed by atoms with Crippen molar-refractivity contribution in [2.45, 2.75) is 24.8 Å². The number of methoxy groups -OCH3 is 1. The van der Waals surface area contributed by atoms with E-state index in [2.05, 4.69) is 0 Å². The molecular weight excluding hydrogens is 264 g/mol. The minimum Gasteiger partial charge on any atom is -0.377 e. The molecule has 5 nitrogen and oxygen atoms in total. The van der Waals surface area contributed by atoms with Gasteiger partial charge in [0.1, 0.15) is 6.79 Å². The maximum atomic E-state index is 5.65. The fourth-order valence-corrected chi connectivity index (χ4v) is 6.87. The van der Waals surface area contributed by atoms with Crippen LogP contribution in [0.2, 0.25) is 5.54 Å². The maximum absolute atomic E-state index is 5.65. The maximum Gasteiger partial charge on any atom is 0.503 e. The topological polar surface area (TPSA) is 46.2 Å². The highest BCUT2D eigenvalue weighted by molar-refractivity contribution is 6.62. The van der Waals surface area contributed by atoms with Gasteiger partial charge in [0.15, 0.2) is 0 Å². The molecule has 0 aromatic heterocycles.